The predicted molar refractivity (Wildman–Crippen MR) is 97.1 cm³/mol. The van der Waals surface area contributed by atoms with Crippen LogP contribution in [0.1, 0.15) is 5.82 Å². The lowest BCUT2D eigenvalue weighted by atomic mass is 10.2. The maximum Gasteiger partial charge on any atom is 0.204 e. The van der Waals surface area contributed by atoms with Crippen molar-refractivity contribution in [3.8, 4) is 0 Å². The predicted octanol–water partition coefficient (Wildman–Crippen LogP) is 3.40. The Bertz CT molecular complexity index is 1020. The van der Waals surface area contributed by atoms with Gasteiger partial charge in [-0.1, -0.05) is 12.1 Å². The van der Waals surface area contributed by atoms with Crippen molar-refractivity contribution in [2.24, 2.45) is 0 Å². The smallest absolute Gasteiger partial charge is 0.204 e. The monoisotopic (exact) mass is 318 g/mol. The molecule has 0 aliphatic rings. The first kappa shape index (κ1) is 14.4. The highest BCUT2D eigenvalue weighted by atomic mass is 15.3. The molecular weight excluding hydrogens is 300 g/mol. The summed E-state index contributed by atoms with van der Waals surface area (Å²) in [6.45, 7) is 1.95. The molecule has 0 fully saturated rings. The van der Waals surface area contributed by atoms with Crippen molar-refractivity contribution >= 4 is 33.9 Å². The van der Waals surface area contributed by atoms with E-state index in [1.54, 1.807) is 0 Å². The van der Waals surface area contributed by atoms with E-state index in [4.69, 9.17) is 4.98 Å². The molecule has 6 heteroatoms. The fourth-order valence-corrected chi connectivity index (χ4v) is 2.79. The number of nitrogens with zero attached hydrogens (tertiary/aromatic N) is 5. The fourth-order valence-electron chi connectivity index (χ4n) is 2.79. The van der Waals surface area contributed by atoms with Crippen molar-refractivity contribution in [2.75, 3.05) is 24.3 Å². The lowest BCUT2D eigenvalue weighted by Gasteiger charge is -2.14. The fraction of sp³-hybridized carbons (Fsp3) is 0.167. The van der Waals surface area contributed by atoms with E-state index in [1.807, 2.05) is 61.8 Å². The van der Waals surface area contributed by atoms with E-state index >= 15 is 0 Å². The van der Waals surface area contributed by atoms with E-state index in [1.165, 1.54) is 0 Å². The first-order chi connectivity index (χ1) is 11.6. The van der Waals surface area contributed by atoms with Gasteiger partial charge in [0.15, 0.2) is 5.82 Å². The first-order valence-corrected chi connectivity index (χ1v) is 7.78. The van der Waals surface area contributed by atoms with Gasteiger partial charge in [0.25, 0.3) is 0 Å². The van der Waals surface area contributed by atoms with Crippen LogP contribution in [0.3, 0.4) is 0 Å². The number of aryl methyl sites for hydroxylation is 1. The minimum absolute atomic E-state index is 0.701. The zero-order valence-electron chi connectivity index (χ0n) is 13.9. The molecule has 6 nitrogen and oxygen atoms in total. The normalized spacial score (nSPS) is 11.1. The quantitative estimate of drug-likeness (QED) is 0.627. The number of benzene rings is 2. The summed E-state index contributed by atoms with van der Waals surface area (Å²) in [6, 6.07) is 16.2. The van der Waals surface area contributed by atoms with Crippen LogP contribution in [0.25, 0.3) is 16.7 Å². The maximum absolute atomic E-state index is 4.72. The van der Waals surface area contributed by atoms with Gasteiger partial charge >= 0.3 is 0 Å². The summed E-state index contributed by atoms with van der Waals surface area (Å²) in [4.78, 5) is 6.79. The Hall–Kier alpha value is -3.15. The van der Waals surface area contributed by atoms with Gasteiger partial charge in [-0.3, -0.25) is 4.40 Å². The van der Waals surface area contributed by atoms with Crippen LogP contribution in [-0.4, -0.2) is 33.7 Å². The molecule has 4 rings (SSSR count). The molecule has 2 heterocycles. The zero-order valence-corrected chi connectivity index (χ0v) is 13.9. The summed E-state index contributed by atoms with van der Waals surface area (Å²) in [6.07, 6.45) is 0. The number of fused-ring (bicyclic) bond motifs is 3. The molecule has 0 unspecified atom stereocenters. The highest BCUT2D eigenvalue weighted by molar-refractivity contribution is 5.84. The van der Waals surface area contributed by atoms with E-state index < -0.39 is 0 Å². The van der Waals surface area contributed by atoms with Crippen molar-refractivity contribution in [3.05, 3.63) is 54.4 Å². The van der Waals surface area contributed by atoms with Gasteiger partial charge in [0, 0.05) is 25.5 Å². The Kier molecular flexibility index (Phi) is 3.30. The summed E-state index contributed by atoms with van der Waals surface area (Å²) in [5, 5.41) is 11.9. The lowest BCUT2D eigenvalue weighted by molar-refractivity contribution is 1.02. The Morgan fingerprint density at radius 1 is 0.958 bits per heavy atom. The molecule has 0 radical (unpaired) electrons. The van der Waals surface area contributed by atoms with Gasteiger partial charge < -0.3 is 10.2 Å². The number of anilines is 3. The van der Waals surface area contributed by atoms with Crippen molar-refractivity contribution in [3.63, 3.8) is 0 Å². The van der Waals surface area contributed by atoms with E-state index in [2.05, 4.69) is 32.5 Å². The van der Waals surface area contributed by atoms with Crippen LogP contribution in [0.15, 0.2) is 48.5 Å². The highest BCUT2D eigenvalue weighted by Gasteiger charge is 2.12. The number of hydrogen-bond acceptors (Lipinski definition) is 5. The maximum atomic E-state index is 4.72. The lowest BCUT2D eigenvalue weighted by Crippen LogP contribution is -2.08. The second kappa shape index (κ2) is 5.49. The number of rotatable bonds is 3. The van der Waals surface area contributed by atoms with Gasteiger partial charge in [-0.15, -0.1) is 10.2 Å². The van der Waals surface area contributed by atoms with Crippen LogP contribution in [-0.2, 0) is 0 Å². The Balaban J connectivity index is 1.83. The van der Waals surface area contributed by atoms with Gasteiger partial charge in [-0.2, -0.15) is 0 Å². The van der Waals surface area contributed by atoms with E-state index in [-0.39, 0.29) is 0 Å². The van der Waals surface area contributed by atoms with Crippen molar-refractivity contribution in [1.82, 2.24) is 19.6 Å². The average molecular weight is 318 g/mol. The Morgan fingerprint density at radius 3 is 2.46 bits per heavy atom. The van der Waals surface area contributed by atoms with Crippen molar-refractivity contribution < 1.29 is 0 Å². The Morgan fingerprint density at radius 2 is 1.71 bits per heavy atom. The molecule has 1 N–H and O–H groups in total. The van der Waals surface area contributed by atoms with Crippen molar-refractivity contribution in [2.45, 2.75) is 6.92 Å². The number of hydrogen-bond donors (Lipinski definition) is 1. The first-order valence-electron chi connectivity index (χ1n) is 7.78. The third-order valence-electron chi connectivity index (χ3n) is 4.04. The van der Waals surface area contributed by atoms with Gasteiger partial charge in [0.2, 0.25) is 5.65 Å². The third-order valence-corrected chi connectivity index (χ3v) is 4.04. The largest absolute Gasteiger partial charge is 0.378 e. The van der Waals surface area contributed by atoms with Crippen LogP contribution in [0.5, 0.6) is 0 Å². The average Bonchev–Trinajstić information content (AvgIpc) is 2.98. The molecule has 0 saturated carbocycles. The number of aromatic nitrogens is 4. The molecule has 0 saturated heterocycles. The molecule has 24 heavy (non-hydrogen) atoms. The van der Waals surface area contributed by atoms with E-state index in [0.717, 1.165) is 33.9 Å². The molecule has 2 aromatic carbocycles. The molecular formula is C18H18N6. The zero-order chi connectivity index (χ0) is 16.7. The highest BCUT2D eigenvalue weighted by Crippen LogP contribution is 2.25. The number of para-hydroxylation sites is 2. The summed E-state index contributed by atoms with van der Waals surface area (Å²) < 4.78 is 2.03. The molecule has 120 valence electrons. The van der Waals surface area contributed by atoms with E-state index in [0.29, 0.717) is 5.82 Å². The van der Waals surface area contributed by atoms with Gasteiger partial charge in [0.05, 0.1) is 11.0 Å². The molecule has 0 amide bonds. The molecule has 2 aromatic heterocycles. The van der Waals surface area contributed by atoms with Crippen LogP contribution in [0.2, 0.25) is 0 Å². The molecule has 4 aromatic rings. The van der Waals surface area contributed by atoms with E-state index in [9.17, 15) is 0 Å². The van der Waals surface area contributed by atoms with Gasteiger partial charge in [0.1, 0.15) is 5.82 Å². The topological polar surface area (TPSA) is 58.4 Å². The minimum atomic E-state index is 0.701. The summed E-state index contributed by atoms with van der Waals surface area (Å²) in [5.41, 5.74) is 4.74. The molecule has 0 spiro atoms. The minimum Gasteiger partial charge on any atom is -0.378 e. The second-order valence-corrected chi connectivity index (χ2v) is 5.92. The van der Waals surface area contributed by atoms with Crippen LogP contribution in [0, 0.1) is 6.92 Å². The molecule has 0 aliphatic heterocycles. The SMILES string of the molecule is Cc1nnc2c(Nc3ccc(N(C)C)cc3)nc3ccccc3n12. The Labute approximate surface area is 139 Å². The summed E-state index contributed by atoms with van der Waals surface area (Å²) in [5.74, 6) is 1.54. The summed E-state index contributed by atoms with van der Waals surface area (Å²) in [7, 11) is 4.05. The van der Waals surface area contributed by atoms with Crippen molar-refractivity contribution in [1.29, 1.82) is 0 Å². The van der Waals surface area contributed by atoms with Gasteiger partial charge in [-0.05, 0) is 43.3 Å². The molecule has 0 bridgehead atoms. The standard InChI is InChI=1S/C18H18N6/c1-12-21-22-18-17(19-13-8-10-14(11-9-13)23(2)3)20-15-6-4-5-7-16(15)24(12)18/h4-11H,1-3H3,(H,19,20). The summed E-state index contributed by atoms with van der Waals surface area (Å²) >= 11 is 0. The third kappa shape index (κ3) is 2.32. The number of nitrogens with one attached hydrogen (secondary N) is 1. The van der Waals surface area contributed by atoms with Crippen LogP contribution in [0.4, 0.5) is 17.2 Å². The second-order valence-electron chi connectivity index (χ2n) is 5.92. The molecule has 0 atom stereocenters. The molecule has 0 aliphatic carbocycles. The van der Waals surface area contributed by atoms with Crippen LogP contribution < -0.4 is 10.2 Å². The van der Waals surface area contributed by atoms with Gasteiger partial charge in [-0.25, -0.2) is 4.98 Å². The van der Waals surface area contributed by atoms with Crippen LogP contribution >= 0.6 is 0 Å².